The molecule has 2 atom stereocenters. The second kappa shape index (κ2) is 4.63. The Labute approximate surface area is 88.1 Å². The van der Waals surface area contributed by atoms with Crippen LogP contribution in [0.2, 0.25) is 0 Å². The van der Waals surface area contributed by atoms with Gasteiger partial charge in [0.1, 0.15) is 0 Å². The van der Waals surface area contributed by atoms with E-state index in [1.165, 1.54) is 45.3 Å². The third-order valence-corrected chi connectivity index (χ3v) is 3.73. The van der Waals surface area contributed by atoms with Crippen LogP contribution in [-0.4, -0.2) is 36.6 Å². The molecule has 14 heavy (non-hydrogen) atoms. The first-order valence-corrected chi connectivity index (χ1v) is 6.28. The van der Waals surface area contributed by atoms with E-state index in [0.717, 1.165) is 18.0 Å². The smallest absolute Gasteiger partial charge is 0.00965 e. The van der Waals surface area contributed by atoms with Gasteiger partial charge < -0.3 is 10.2 Å². The van der Waals surface area contributed by atoms with Crippen LogP contribution in [0.15, 0.2) is 0 Å². The lowest BCUT2D eigenvalue weighted by Crippen LogP contribution is -2.36. The molecule has 82 valence electrons. The van der Waals surface area contributed by atoms with Crippen LogP contribution in [0, 0.1) is 5.92 Å². The van der Waals surface area contributed by atoms with Gasteiger partial charge in [0, 0.05) is 18.6 Å². The van der Waals surface area contributed by atoms with E-state index in [-0.39, 0.29) is 0 Å². The van der Waals surface area contributed by atoms with Crippen molar-refractivity contribution in [3.8, 4) is 0 Å². The van der Waals surface area contributed by atoms with Crippen LogP contribution in [0.3, 0.4) is 0 Å². The van der Waals surface area contributed by atoms with Crippen molar-refractivity contribution in [2.24, 2.45) is 5.92 Å². The summed E-state index contributed by atoms with van der Waals surface area (Å²) in [7, 11) is 0. The molecule has 2 fully saturated rings. The molecule has 2 nitrogen and oxygen atoms in total. The van der Waals surface area contributed by atoms with Gasteiger partial charge in [-0.2, -0.15) is 0 Å². The lowest BCUT2D eigenvalue weighted by atomic mass is 10.0. The van der Waals surface area contributed by atoms with Crippen LogP contribution in [0.5, 0.6) is 0 Å². The van der Waals surface area contributed by atoms with Crippen LogP contribution >= 0.6 is 0 Å². The van der Waals surface area contributed by atoms with Gasteiger partial charge >= 0.3 is 0 Å². The fourth-order valence-electron chi connectivity index (χ4n) is 2.61. The maximum absolute atomic E-state index is 3.55. The fourth-order valence-corrected chi connectivity index (χ4v) is 2.61. The minimum absolute atomic E-state index is 0.744. The Hall–Kier alpha value is -0.0800. The van der Waals surface area contributed by atoms with Crippen molar-refractivity contribution < 1.29 is 0 Å². The first kappa shape index (κ1) is 10.4. The Morgan fingerprint density at radius 3 is 2.57 bits per heavy atom. The van der Waals surface area contributed by atoms with Crippen molar-refractivity contribution in [3.63, 3.8) is 0 Å². The van der Waals surface area contributed by atoms with E-state index in [9.17, 15) is 0 Å². The molecule has 1 aliphatic carbocycles. The fraction of sp³-hybridized carbons (Fsp3) is 1.00. The van der Waals surface area contributed by atoms with Crippen molar-refractivity contribution in [2.75, 3.05) is 19.6 Å². The summed E-state index contributed by atoms with van der Waals surface area (Å²) >= 11 is 0. The monoisotopic (exact) mass is 196 g/mol. The highest BCUT2D eigenvalue weighted by atomic mass is 15.2. The van der Waals surface area contributed by atoms with E-state index < -0.39 is 0 Å². The number of hydrogen-bond donors (Lipinski definition) is 1. The molecule has 2 aliphatic rings. The van der Waals surface area contributed by atoms with Gasteiger partial charge in [0.2, 0.25) is 0 Å². The molecule has 2 unspecified atom stereocenters. The number of hydrogen-bond acceptors (Lipinski definition) is 2. The number of nitrogens with zero attached hydrogens (tertiary/aromatic N) is 1. The third kappa shape index (κ3) is 2.48. The molecule has 1 saturated heterocycles. The quantitative estimate of drug-likeness (QED) is 0.722. The average molecular weight is 196 g/mol. The molecule has 1 aliphatic heterocycles. The van der Waals surface area contributed by atoms with Gasteiger partial charge in [-0.05, 0) is 51.6 Å². The number of rotatable bonds is 5. The highest BCUT2D eigenvalue weighted by Crippen LogP contribution is 2.29. The van der Waals surface area contributed by atoms with Gasteiger partial charge in [0.05, 0.1) is 0 Å². The summed E-state index contributed by atoms with van der Waals surface area (Å²) in [4.78, 5) is 2.73. The first-order valence-electron chi connectivity index (χ1n) is 6.28. The molecule has 1 heterocycles. The highest BCUT2D eigenvalue weighted by Gasteiger charge is 2.32. The summed E-state index contributed by atoms with van der Waals surface area (Å²) in [6.07, 6.45) is 5.60. The summed E-state index contributed by atoms with van der Waals surface area (Å²) in [5.41, 5.74) is 0. The molecule has 0 amide bonds. The number of nitrogens with one attached hydrogen (secondary N) is 1. The second-order valence-electron chi connectivity index (χ2n) is 5.02. The van der Waals surface area contributed by atoms with Crippen molar-refractivity contribution in [3.05, 3.63) is 0 Å². The van der Waals surface area contributed by atoms with Gasteiger partial charge in [-0.15, -0.1) is 0 Å². The van der Waals surface area contributed by atoms with Gasteiger partial charge in [-0.25, -0.2) is 0 Å². The Morgan fingerprint density at radius 2 is 2.07 bits per heavy atom. The Bertz CT molecular complexity index is 177. The summed E-state index contributed by atoms with van der Waals surface area (Å²) in [6, 6.07) is 1.69. The molecule has 0 spiro atoms. The summed E-state index contributed by atoms with van der Waals surface area (Å²) < 4.78 is 0. The van der Waals surface area contributed by atoms with E-state index in [4.69, 9.17) is 0 Å². The largest absolute Gasteiger partial charge is 0.314 e. The maximum atomic E-state index is 3.55. The lowest BCUT2D eigenvalue weighted by molar-refractivity contribution is 0.214. The van der Waals surface area contributed by atoms with E-state index >= 15 is 0 Å². The first-order chi connectivity index (χ1) is 6.81. The van der Waals surface area contributed by atoms with E-state index in [1.54, 1.807) is 0 Å². The minimum Gasteiger partial charge on any atom is -0.314 e. The van der Waals surface area contributed by atoms with Gasteiger partial charge in [0.15, 0.2) is 0 Å². The molecule has 0 radical (unpaired) electrons. The normalized spacial score (nSPS) is 32.8. The highest BCUT2D eigenvalue weighted by molar-refractivity contribution is 4.89. The minimum atomic E-state index is 0.744. The predicted octanol–water partition coefficient (Wildman–Crippen LogP) is 1.86. The van der Waals surface area contributed by atoms with Crippen molar-refractivity contribution in [2.45, 2.75) is 51.6 Å². The zero-order valence-corrected chi connectivity index (χ0v) is 9.63. The van der Waals surface area contributed by atoms with E-state index in [1.807, 2.05) is 0 Å². The third-order valence-electron chi connectivity index (χ3n) is 3.73. The van der Waals surface area contributed by atoms with Crippen LogP contribution in [-0.2, 0) is 0 Å². The summed E-state index contributed by atoms with van der Waals surface area (Å²) in [5, 5.41) is 3.55. The molecular formula is C12H24N2. The Morgan fingerprint density at radius 1 is 1.29 bits per heavy atom. The Balaban J connectivity index is 1.80. The van der Waals surface area contributed by atoms with Crippen LogP contribution in [0.25, 0.3) is 0 Å². The van der Waals surface area contributed by atoms with Gasteiger partial charge in [-0.3, -0.25) is 0 Å². The van der Waals surface area contributed by atoms with Crippen LogP contribution in [0.1, 0.15) is 39.5 Å². The van der Waals surface area contributed by atoms with E-state index in [2.05, 4.69) is 24.1 Å². The lowest BCUT2D eigenvalue weighted by Gasteiger charge is -2.26. The van der Waals surface area contributed by atoms with Crippen molar-refractivity contribution in [1.29, 1.82) is 0 Å². The topological polar surface area (TPSA) is 15.3 Å². The average Bonchev–Trinajstić information content (AvgIpc) is 2.93. The molecule has 1 N–H and O–H groups in total. The molecule has 2 heteroatoms. The Kier molecular flexibility index (Phi) is 3.45. The molecule has 1 saturated carbocycles. The molecule has 2 rings (SSSR count). The standard InChI is InChI=1S/C12H24N2/c1-3-8-14(12-4-5-12)9-11-6-7-13-10(11)2/h10-13H,3-9H2,1-2H3. The predicted molar refractivity (Wildman–Crippen MR) is 60.5 cm³/mol. The SMILES string of the molecule is CCCN(CC1CCNC1C)C1CC1. The van der Waals surface area contributed by atoms with E-state index in [0.29, 0.717) is 0 Å². The molecular weight excluding hydrogens is 172 g/mol. The molecule has 0 bridgehead atoms. The molecule has 0 aromatic rings. The molecule has 0 aromatic heterocycles. The van der Waals surface area contributed by atoms with Crippen LogP contribution < -0.4 is 5.32 Å². The maximum Gasteiger partial charge on any atom is 0.00965 e. The summed E-state index contributed by atoms with van der Waals surface area (Å²) in [5.74, 6) is 0.905. The second-order valence-corrected chi connectivity index (χ2v) is 5.02. The molecule has 0 aromatic carbocycles. The zero-order chi connectivity index (χ0) is 9.97. The summed E-state index contributed by atoms with van der Waals surface area (Å²) in [6.45, 7) is 8.53. The van der Waals surface area contributed by atoms with Crippen molar-refractivity contribution in [1.82, 2.24) is 10.2 Å². The van der Waals surface area contributed by atoms with Crippen molar-refractivity contribution >= 4 is 0 Å². The van der Waals surface area contributed by atoms with Gasteiger partial charge in [0.25, 0.3) is 0 Å². The zero-order valence-electron chi connectivity index (χ0n) is 9.63. The van der Waals surface area contributed by atoms with Gasteiger partial charge in [-0.1, -0.05) is 6.92 Å². The van der Waals surface area contributed by atoms with Crippen LogP contribution in [0.4, 0.5) is 0 Å².